The van der Waals surface area contributed by atoms with Crippen LogP contribution >= 0.6 is 11.8 Å². The summed E-state index contributed by atoms with van der Waals surface area (Å²) in [4.78, 5) is 26.9. The van der Waals surface area contributed by atoms with Crippen molar-refractivity contribution in [3.63, 3.8) is 0 Å². The minimum atomic E-state index is -0.804. The van der Waals surface area contributed by atoms with Crippen LogP contribution in [0.25, 0.3) is 0 Å². The third-order valence-electron chi connectivity index (χ3n) is 3.90. The first kappa shape index (κ1) is 19.2. The highest BCUT2D eigenvalue weighted by atomic mass is 32.2. The van der Waals surface area contributed by atoms with Gasteiger partial charge in [0.05, 0.1) is 17.5 Å². The van der Waals surface area contributed by atoms with Gasteiger partial charge in [0, 0.05) is 11.0 Å². The molecule has 2 amide bonds. The first-order valence-electron chi connectivity index (χ1n) is 8.33. The van der Waals surface area contributed by atoms with Gasteiger partial charge in [0.2, 0.25) is 11.8 Å². The van der Waals surface area contributed by atoms with Crippen molar-refractivity contribution in [3.8, 4) is 5.75 Å². The molecule has 2 aromatic rings. The van der Waals surface area contributed by atoms with Crippen LogP contribution in [0.5, 0.6) is 5.75 Å². The number of nitrogens with zero attached hydrogens (tertiary/aromatic N) is 1. The Bertz CT molecular complexity index is 863. The van der Waals surface area contributed by atoms with Crippen LogP contribution < -0.4 is 15.0 Å². The molecule has 1 N–H and O–H groups in total. The lowest BCUT2D eigenvalue weighted by atomic mass is 10.2. The number of nitrogens with one attached hydrogen (secondary N) is 1. The van der Waals surface area contributed by atoms with Crippen molar-refractivity contribution in [3.05, 3.63) is 54.1 Å². The molecular weight excluding hydrogens is 374 g/mol. The molecule has 0 saturated heterocycles. The third kappa shape index (κ3) is 4.77. The number of benzene rings is 2. The molecular formula is C19H18F2N2O3S. The number of amides is 2. The molecule has 8 heteroatoms. The van der Waals surface area contributed by atoms with E-state index >= 15 is 0 Å². The van der Waals surface area contributed by atoms with Crippen LogP contribution in [0.1, 0.15) is 6.92 Å². The molecule has 0 fully saturated rings. The molecule has 1 atom stereocenters. The fourth-order valence-corrected chi connectivity index (χ4v) is 3.58. The highest BCUT2D eigenvalue weighted by molar-refractivity contribution is 8.00. The largest absolute Gasteiger partial charge is 0.488 e. The van der Waals surface area contributed by atoms with Gasteiger partial charge in [-0.2, -0.15) is 0 Å². The van der Waals surface area contributed by atoms with E-state index in [4.69, 9.17) is 4.74 Å². The summed E-state index contributed by atoms with van der Waals surface area (Å²) >= 11 is 1.44. The van der Waals surface area contributed by atoms with Crippen molar-refractivity contribution in [1.82, 2.24) is 5.32 Å². The zero-order valence-corrected chi connectivity index (χ0v) is 15.4. The average molecular weight is 392 g/mol. The van der Waals surface area contributed by atoms with Crippen molar-refractivity contribution < 1.29 is 23.1 Å². The van der Waals surface area contributed by atoms with Crippen LogP contribution in [0.3, 0.4) is 0 Å². The molecule has 27 heavy (non-hydrogen) atoms. The predicted octanol–water partition coefficient (Wildman–Crippen LogP) is 2.99. The molecule has 1 heterocycles. The number of ether oxygens (including phenoxy) is 1. The Morgan fingerprint density at radius 2 is 2.07 bits per heavy atom. The number of carbonyl (C=O) groups excluding carboxylic acids is 2. The highest BCUT2D eigenvalue weighted by Gasteiger charge is 2.26. The molecule has 2 aromatic carbocycles. The molecule has 0 aromatic heterocycles. The molecule has 0 radical (unpaired) electrons. The summed E-state index contributed by atoms with van der Waals surface area (Å²) < 4.78 is 31.7. The average Bonchev–Trinajstić information content (AvgIpc) is 2.63. The van der Waals surface area contributed by atoms with Crippen molar-refractivity contribution in [2.45, 2.75) is 17.9 Å². The van der Waals surface area contributed by atoms with Gasteiger partial charge in [-0.3, -0.25) is 9.59 Å². The number of hydrogen-bond acceptors (Lipinski definition) is 4. The van der Waals surface area contributed by atoms with Gasteiger partial charge < -0.3 is 15.0 Å². The van der Waals surface area contributed by atoms with Crippen LogP contribution in [0.4, 0.5) is 14.5 Å². The lowest BCUT2D eigenvalue weighted by molar-refractivity contribution is -0.123. The summed E-state index contributed by atoms with van der Waals surface area (Å²) in [6.07, 6.45) is 0. The Morgan fingerprint density at radius 3 is 2.85 bits per heavy atom. The zero-order valence-electron chi connectivity index (χ0n) is 14.6. The smallest absolute Gasteiger partial charge is 0.240 e. The number of carbonyl (C=O) groups is 2. The van der Waals surface area contributed by atoms with Gasteiger partial charge in [-0.1, -0.05) is 12.1 Å². The van der Waals surface area contributed by atoms with Crippen molar-refractivity contribution >= 4 is 29.3 Å². The first-order chi connectivity index (χ1) is 12.9. The fourth-order valence-electron chi connectivity index (χ4n) is 2.64. The maximum atomic E-state index is 13.6. The molecule has 1 aliphatic heterocycles. The third-order valence-corrected chi connectivity index (χ3v) is 4.95. The molecule has 5 nitrogen and oxygen atoms in total. The molecule has 142 valence electrons. The Morgan fingerprint density at radius 1 is 1.30 bits per heavy atom. The number of thioether (sulfide) groups is 1. The summed E-state index contributed by atoms with van der Waals surface area (Å²) in [6.45, 7) is 1.60. The van der Waals surface area contributed by atoms with Gasteiger partial charge in [-0.05, 0) is 31.2 Å². The number of hydrogen-bond donors (Lipinski definition) is 1. The monoisotopic (exact) mass is 392 g/mol. The van der Waals surface area contributed by atoms with Gasteiger partial charge in [0.25, 0.3) is 0 Å². The first-order valence-corrected chi connectivity index (χ1v) is 9.32. The normalized spacial score (nSPS) is 14.5. The summed E-state index contributed by atoms with van der Waals surface area (Å²) in [6, 6.07) is 10.0. The number of halogens is 2. The summed E-state index contributed by atoms with van der Waals surface area (Å²) in [5.41, 5.74) is 0.714. The van der Waals surface area contributed by atoms with E-state index in [1.165, 1.54) is 22.7 Å². The second-order valence-corrected chi connectivity index (χ2v) is 7.11. The summed E-state index contributed by atoms with van der Waals surface area (Å²) in [7, 11) is 0. The number of anilines is 1. The lowest BCUT2D eigenvalue weighted by Crippen LogP contribution is -2.46. The van der Waals surface area contributed by atoms with Gasteiger partial charge in [-0.15, -0.1) is 11.8 Å². The van der Waals surface area contributed by atoms with E-state index in [0.717, 1.165) is 17.0 Å². The molecule has 0 saturated carbocycles. The topological polar surface area (TPSA) is 58.6 Å². The minimum Gasteiger partial charge on any atom is -0.488 e. The van der Waals surface area contributed by atoms with Crippen molar-refractivity contribution in [2.24, 2.45) is 0 Å². The predicted molar refractivity (Wildman–Crippen MR) is 99.0 cm³/mol. The van der Waals surface area contributed by atoms with Crippen molar-refractivity contribution in [2.75, 3.05) is 23.8 Å². The molecule has 1 aliphatic rings. The number of fused-ring (bicyclic) bond motifs is 1. The molecule has 0 spiro atoms. The van der Waals surface area contributed by atoms with E-state index < -0.39 is 17.7 Å². The van der Waals surface area contributed by atoms with Crippen LogP contribution in [0.15, 0.2) is 47.4 Å². The maximum Gasteiger partial charge on any atom is 0.240 e. The summed E-state index contributed by atoms with van der Waals surface area (Å²) in [5, 5.41) is 2.72. The zero-order chi connectivity index (χ0) is 19.4. The van der Waals surface area contributed by atoms with Crippen LogP contribution in [0.2, 0.25) is 0 Å². The van der Waals surface area contributed by atoms with Crippen LogP contribution in [-0.2, 0) is 9.59 Å². The van der Waals surface area contributed by atoms with Crippen molar-refractivity contribution in [1.29, 1.82) is 0 Å². The van der Waals surface area contributed by atoms with Gasteiger partial charge in [0.1, 0.15) is 19.0 Å². The highest BCUT2D eigenvalue weighted by Crippen LogP contribution is 2.34. The maximum absolute atomic E-state index is 13.6. The van der Waals surface area contributed by atoms with Crippen LogP contribution in [-0.4, -0.2) is 36.8 Å². The standard InChI is InChI=1S/C19H18F2N2O3S/c1-12(10-26-16-7-6-13(20)8-14(16)21)22-18(24)9-23-15-4-2-3-5-17(15)27-11-19(23)25/h2-8,12H,9-11H2,1H3,(H,22,24)/t12-/m0/s1. The van der Waals surface area contributed by atoms with E-state index in [9.17, 15) is 18.4 Å². The minimum absolute atomic E-state index is 0.00861. The Balaban J connectivity index is 1.55. The quantitative estimate of drug-likeness (QED) is 0.821. The van der Waals surface area contributed by atoms with E-state index in [0.29, 0.717) is 5.69 Å². The Labute approximate surface area is 159 Å². The molecule has 0 bridgehead atoms. The lowest BCUT2D eigenvalue weighted by Gasteiger charge is -2.28. The molecule has 3 rings (SSSR count). The van der Waals surface area contributed by atoms with Gasteiger partial charge in [-0.25, -0.2) is 8.78 Å². The van der Waals surface area contributed by atoms with E-state index in [1.807, 2.05) is 18.2 Å². The van der Waals surface area contributed by atoms with E-state index in [-0.39, 0.29) is 36.5 Å². The molecule has 0 unspecified atom stereocenters. The van der Waals surface area contributed by atoms with E-state index in [1.54, 1.807) is 13.0 Å². The SMILES string of the molecule is C[C@@H](COc1ccc(F)cc1F)NC(=O)CN1C(=O)CSc2ccccc21. The van der Waals surface area contributed by atoms with Gasteiger partial charge in [0.15, 0.2) is 11.6 Å². The Kier molecular flexibility index (Phi) is 5.95. The second kappa shape index (κ2) is 8.39. The Hall–Kier alpha value is -2.61. The molecule has 0 aliphatic carbocycles. The number of rotatable bonds is 6. The second-order valence-electron chi connectivity index (χ2n) is 6.09. The fraction of sp³-hybridized carbons (Fsp3) is 0.263. The number of para-hydroxylation sites is 1. The summed E-state index contributed by atoms with van der Waals surface area (Å²) in [5.74, 6) is -1.78. The van der Waals surface area contributed by atoms with Gasteiger partial charge >= 0.3 is 0 Å². The van der Waals surface area contributed by atoms with E-state index in [2.05, 4.69) is 5.32 Å². The van der Waals surface area contributed by atoms with Crippen LogP contribution in [0, 0.1) is 11.6 Å².